The van der Waals surface area contributed by atoms with Gasteiger partial charge >= 0.3 is 5.97 Å². The van der Waals surface area contributed by atoms with E-state index in [-0.39, 0.29) is 36.2 Å². The van der Waals surface area contributed by atoms with Crippen molar-refractivity contribution in [2.75, 3.05) is 13.9 Å². The SMILES string of the molecule is COCOc1cc(C)cc2c1C(=O)O[C@@H](C)C/C=C/[C@H]1OC(C)(C)O[C@H]1CCC(O[Si](C)(C)C(C)(C)C)C2. The van der Waals surface area contributed by atoms with E-state index in [1.807, 2.05) is 45.9 Å². The summed E-state index contributed by atoms with van der Waals surface area (Å²) in [7, 11) is -0.550. The van der Waals surface area contributed by atoms with Crippen molar-refractivity contribution >= 4 is 14.3 Å². The van der Waals surface area contributed by atoms with Crippen molar-refractivity contribution in [3.63, 3.8) is 0 Å². The molecule has 8 heteroatoms. The fraction of sp³-hybridized carbons (Fsp3) is 0.700. The van der Waals surface area contributed by atoms with Crippen molar-refractivity contribution in [1.29, 1.82) is 0 Å². The molecule has 0 N–H and O–H groups in total. The number of carbonyl (C=O) groups excluding carboxylic acids is 1. The standard InChI is InChI=1S/C30H48O7Si/c1-20-16-22-18-23(37-38(9,10)29(3,4)5)14-15-25-24(35-30(6,7)36-25)13-11-12-21(2)34-28(31)27(22)26(17-20)33-19-32-8/h11,13,16-17,21,23-25H,12,14-15,18-19H2,1-10H3/b13-11+/t21-,23?,24+,25-/m0/s1. The van der Waals surface area contributed by atoms with E-state index in [0.717, 1.165) is 24.0 Å². The van der Waals surface area contributed by atoms with E-state index < -0.39 is 20.1 Å². The molecule has 38 heavy (non-hydrogen) atoms. The van der Waals surface area contributed by atoms with Crippen LogP contribution in [0, 0.1) is 6.92 Å². The summed E-state index contributed by atoms with van der Waals surface area (Å²) in [5, 5.41) is 0.0445. The van der Waals surface area contributed by atoms with E-state index in [1.165, 1.54) is 0 Å². The molecule has 1 unspecified atom stereocenters. The smallest absolute Gasteiger partial charge is 0.342 e. The maximum atomic E-state index is 13.6. The summed E-state index contributed by atoms with van der Waals surface area (Å²) in [5.41, 5.74) is 2.31. The maximum absolute atomic E-state index is 13.6. The number of cyclic esters (lactones) is 1. The molecule has 0 bridgehead atoms. The summed E-state index contributed by atoms with van der Waals surface area (Å²) in [6.45, 7) is 19.1. The highest BCUT2D eigenvalue weighted by molar-refractivity contribution is 6.74. The molecule has 0 amide bonds. The first-order valence-corrected chi connectivity index (χ1v) is 16.7. The number of rotatable bonds is 5. The molecule has 214 valence electrons. The number of esters is 1. The number of hydrogen-bond acceptors (Lipinski definition) is 7. The molecule has 2 aliphatic rings. The van der Waals surface area contributed by atoms with Crippen LogP contribution in [0.3, 0.4) is 0 Å². The van der Waals surface area contributed by atoms with Crippen LogP contribution in [0.25, 0.3) is 0 Å². The molecule has 0 aromatic heterocycles. The van der Waals surface area contributed by atoms with Crippen molar-refractivity contribution in [3.05, 3.63) is 41.0 Å². The van der Waals surface area contributed by atoms with Gasteiger partial charge in [0.15, 0.2) is 20.9 Å². The summed E-state index contributed by atoms with van der Waals surface area (Å²) < 4.78 is 36.4. The van der Waals surface area contributed by atoms with Gasteiger partial charge in [-0.1, -0.05) is 39.0 Å². The molecule has 0 aliphatic carbocycles. The molecule has 3 rings (SSSR count). The molecule has 1 fully saturated rings. The third-order valence-corrected chi connectivity index (χ3v) is 12.2. The fourth-order valence-electron chi connectivity index (χ4n) is 4.79. The van der Waals surface area contributed by atoms with Gasteiger partial charge in [0.2, 0.25) is 0 Å². The van der Waals surface area contributed by atoms with Crippen molar-refractivity contribution in [2.24, 2.45) is 0 Å². The van der Waals surface area contributed by atoms with Crippen LogP contribution in [0.2, 0.25) is 18.1 Å². The quantitative estimate of drug-likeness (QED) is 0.175. The third-order valence-electron chi connectivity index (χ3n) is 7.68. The molecule has 1 aromatic carbocycles. The second kappa shape index (κ2) is 12.2. The summed E-state index contributed by atoms with van der Waals surface area (Å²) in [5.74, 6) is -0.574. The predicted octanol–water partition coefficient (Wildman–Crippen LogP) is 6.72. The average molecular weight is 549 g/mol. The zero-order valence-corrected chi connectivity index (χ0v) is 26.0. The molecule has 0 radical (unpaired) electrons. The summed E-state index contributed by atoms with van der Waals surface area (Å²) in [6, 6.07) is 3.92. The van der Waals surface area contributed by atoms with Gasteiger partial charge in [-0.25, -0.2) is 4.79 Å². The second-order valence-electron chi connectivity index (χ2n) is 12.6. The van der Waals surface area contributed by atoms with Gasteiger partial charge in [0, 0.05) is 19.6 Å². The van der Waals surface area contributed by atoms with E-state index in [4.69, 9.17) is 28.1 Å². The van der Waals surface area contributed by atoms with E-state index in [0.29, 0.717) is 24.2 Å². The Morgan fingerprint density at radius 3 is 2.50 bits per heavy atom. The Bertz CT molecular complexity index is 995. The largest absolute Gasteiger partial charge is 0.467 e. The molecule has 4 atom stereocenters. The van der Waals surface area contributed by atoms with Crippen molar-refractivity contribution in [2.45, 2.75) is 122 Å². The highest BCUT2D eigenvalue weighted by atomic mass is 28.4. The lowest BCUT2D eigenvalue weighted by Crippen LogP contribution is -2.44. The Morgan fingerprint density at radius 1 is 1.13 bits per heavy atom. The Morgan fingerprint density at radius 2 is 1.84 bits per heavy atom. The Labute approximate surface area is 230 Å². The Hall–Kier alpha value is -1.71. The van der Waals surface area contributed by atoms with Gasteiger partial charge in [0.1, 0.15) is 23.5 Å². The lowest BCUT2D eigenvalue weighted by Gasteiger charge is -2.40. The van der Waals surface area contributed by atoms with Gasteiger partial charge in [-0.2, -0.15) is 0 Å². The van der Waals surface area contributed by atoms with Crippen molar-refractivity contribution in [3.8, 4) is 5.75 Å². The number of carbonyl (C=O) groups is 1. The average Bonchev–Trinajstić information content (AvgIpc) is 3.07. The number of methoxy groups -OCH3 is 1. The van der Waals surface area contributed by atoms with Gasteiger partial charge in [0.05, 0.1) is 6.10 Å². The van der Waals surface area contributed by atoms with Crippen LogP contribution in [0.4, 0.5) is 0 Å². The Balaban J connectivity index is 2.06. The van der Waals surface area contributed by atoms with Gasteiger partial charge in [0.25, 0.3) is 0 Å². The predicted molar refractivity (Wildman–Crippen MR) is 151 cm³/mol. The minimum absolute atomic E-state index is 0.0432. The number of fused-ring (bicyclic) bond motifs is 2. The number of aryl methyl sites for hydroxylation is 1. The molecular weight excluding hydrogens is 500 g/mol. The highest BCUT2D eigenvalue weighted by Crippen LogP contribution is 2.40. The third kappa shape index (κ3) is 7.91. The van der Waals surface area contributed by atoms with Crippen molar-refractivity contribution < 1.29 is 32.9 Å². The minimum atomic E-state index is -2.11. The zero-order chi connectivity index (χ0) is 28.3. The van der Waals surface area contributed by atoms with Crippen LogP contribution < -0.4 is 4.74 Å². The number of benzene rings is 1. The molecule has 2 aliphatic heterocycles. The first-order chi connectivity index (χ1) is 17.6. The number of ether oxygens (including phenoxy) is 5. The van der Waals surface area contributed by atoms with Gasteiger partial charge < -0.3 is 28.1 Å². The lowest BCUT2D eigenvalue weighted by molar-refractivity contribution is -0.144. The first-order valence-electron chi connectivity index (χ1n) is 13.8. The fourth-order valence-corrected chi connectivity index (χ4v) is 6.18. The molecular formula is C30H48O7Si. The van der Waals surface area contributed by atoms with Crippen LogP contribution in [-0.4, -0.2) is 58.4 Å². The van der Waals surface area contributed by atoms with Gasteiger partial charge in [-0.15, -0.1) is 0 Å². The van der Waals surface area contributed by atoms with E-state index >= 15 is 0 Å². The van der Waals surface area contributed by atoms with Crippen LogP contribution in [-0.2, 0) is 29.8 Å². The van der Waals surface area contributed by atoms with Crippen LogP contribution in [0.1, 0.15) is 82.3 Å². The summed E-state index contributed by atoms with van der Waals surface area (Å²) >= 11 is 0. The van der Waals surface area contributed by atoms with Crippen molar-refractivity contribution in [1.82, 2.24) is 0 Å². The summed E-state index contributed by atoms with van der Waals surface area (Å²) in [6.07, 6.45) is 6.09. The topological polar surface area (TPSA) is 72.5 Å². The molecule has 0 saturated carbocycles. The van der Waals surface area contributed by atoms with E-state index in [9.17, 15) is 4.79 Å². The molecule has 7 nitrogen and oxygen atoms in total. The van der Waals surface area contributed by atoms with Crippen LogP contribution in [0.5, 0.6) is 5.75 Å². The zero-order valence-electron chi connectivity index (χ0n) is 25.0. The monoisotopic (exact) mass is 548 g/mol. The minimum Gasteiger partial charge on any atom is -0.467 e. The molecule has 1 aromatic rings. The normalized spacial score (nSPS) is 27.6. The second-order valence-corrected chi connectivity index (χ2v) is 17.4. The lowest BCUT2D eigenvalue weighted by atomic mass is 9.95. The van der Waals surface area contributed by atoms with Crippen LogP contribution in [0.15, 0.2) is 24.3 Å². The molecule has 0 spiro atoms. The molecule has 2 heterocycles. The van der Waals surface area contributed by atoms with Crippen LogP contribution >= 0.6 is 0 Å². The van der Waals surface area contributed by atoms with E-state index in [1.54, 1.807) is 7.11 Å². The maximum Gasteiger partial charge on any atom is 0.342 e. The van der Waals surface area contributed by atoms with Gasteiger partial charge in [-0.3, -0.25) is 0 Å². The molecule has 1 saturated heterocycles. The van der Waals surface area contributed by atoms with E-state index in [2.05, 4.69) is 39.9 Å². The first kappa shape index (κ1) is 30.8. The Kier molecular flexibility index (Phi) is 9.90. The number of hydrogen-bond donors (Lipinski definition) is 0. The van der Waals surface area contributed by atoms with Gasteiger partial charge in [-0.05, 0) is 82.3 Å². The highest BCUT2D eigenvalue weighted by Gasteiger charge is 2.42. The summed E-state index contributed by atoms with van der Waals surface area (Å²) in [4.78, 5) is 13.6.